The van der Waals surface area contributed by atoms with Crippen molar-refractivity contribution in [1.29, 1.82) is 0 Å². The molecule has 0 atom stereocenters. The van der Waals surface area contributed by atoms with Crippen LogP contribution in [0.25, 0.3) is 0 Å². The Kier molecular flexibility index (Phi) is 3.06. The molecule has 21 heavy (non-hydrogen) atoms. The Morgan fingerprint density at radius 3 is 2.62 bits per heavy atom. The summed E-state index contributed by atoms with van der Waals surface area (Å²) in [6.45, 7) is 3.82. The third-order valence-corrected chi connectivity index (χ3v) is 9.20. The number of nitrogens with zero attached hydrogens (tertiary/aromatic N) is 1. The summed E-state index contributed by atoms with van der Waals surface area (Å²) in [7, 11) is -3.13. The van der Waals surface area contributed by atoms with E-state index in [-0.39, 0.29) is 5.60 Å². The van der Waals surface area contributed by atoms with Crippen molar-refractivity contribution in [2.24, 2.45) is 0 Å². The predicted molar refractivity (Wildman–Crippen MR) is 83.0 cm³/mol. The van der Waals surface area contributed by atoms with Crippen molar-refractivity contribution < 1.29 is 13.2 Å². The van der Waals surface area contributed by atoms with Crippen LogP contribution >= 0.6 is 11.3 Å². The summed E-state index contributed by atoms with van der Waals surface area (Å²) < 4.78 is 32.6. The molecule has 0 aromatic carbocycles. The summed E-state index contributed by atoms with van der Waals surface area (Å²) in [5.41, 5.74) is 1.18. The highest BCUT2D eigenvalue weighted by Crippen LogP contribution is 2.48. The summed E-state index contributed by atoms with van der Waals surface area (Å²) in [5.74, 6) is 0. The minimum Gasteiger partial charge on any atom is -0.369 e. The van der Waals surface area contributed by atoms with E-state index in [9.17, 15) is 8.42 Å². The smallest absolute Gasteiger partial charge is 0.219 e. The normalized spacial score (nSPS) is 27.5. The van der Waals surface area contributed by atoms with Gasteiger partial charge in [-0.05, 0) is 56.0 Å². The van der Waals surface area contributed by atoms with Crippen LogP contribution in [0.1, 0.15) is 43.0 Å². The quantitative estimate of drug-likeness (QED) is 0.838. The minimum atomic E-state index is -3.13. The van der Waals surface area contributed by atoms with Gasteiger partial charge >= 0.3 is 0 Å². The highest BCUT2D eigenvalue weighted by molar-refractivity contribution is 7.90. The molecular formula is C15H21NO3S2. The molecule has 0 amide bonds. The van der Waals surface area contributed by atoms with Gasteiger partial charge in [0.05, 0.1) is 11.4 Å². The molecule has 2 aliphatic heterocycles. The van der Waals surface area contributed by atoms with Crippen molar-refractivity contribution in [2.45, 2.75) is 49.4 Å². The van der Waals surface area contributed by atoms with Gasteiger partial charge in [0.1, 0.15) is 5.60 Å². The first kappa shape index (κ1) is 14.2. The molecule has 1 spiro atoms. The number of fused-ring (bicyclic) bond motifs is 2. The Balaban J connectivity index is 1.56. The third-order valence-electron chi connectivity index (χ3n) is 5.36. The molecule has 3 aliphatic rings. The number of sulfonamides is 1. The second-order valence-electron chi connectivity index (χ2n) is 6.72. The molecular weight excluding hydrogens is 306 g/mol. The first-order chi connectivity index (χ1) is 9.97. The van der Waals surface area contributed by atoms with E-state index in [4.69, 9.17) is 4.74 Å². The van der Waals surface area contributed by atoms with E-state index < -0.39 is 14.8 Å². The zero-order valence-electron chi connectivity index (χ0n) is 12.3. The summed E-state index contributed by atoms with van der Waals surface area (Å²) in [5, 5.41) is 2.13. The van der Waals surface area contributed by atoms with Crippen LogP contribution in [0.2, 0.25) is 0 Å². The monoisotopic (exact) mass is 327 g/mol. The van der Waals surface area contributed by atoms with Gasteiger partial charge in [-0.3, -0.25) is 0 Å². The standard InChI is InChI=1S/C15H21NO3S2/c1-14(4-5-14)21(17,18)16-8-6-15(7-9-16)13-12(2-10-19-15)3-11-20-13/h3,11H,2,4-10H2,1H3. The third kappa shape index (κ3) is 2.03. The Hall–Kier alpha value is -0.430. The fraction of sp³-hybridized carbons (Fsp3) is 0.733. The average Bonchev–Trinajstić information content (AvgIpc) is 3.04. The molecule has 6 heteroatoms. The van der Waals surface area contributed by atoms with E-state index in [0.29, 0.717) is 13.1 Å². The summed E-state index contributed by atoms with van der Waals surface area (Å²) >= 11 is 1.76. The fourth-order valence-electron chi connectivity index (χ4n) is 3.56. The number of thiophene rings is 1. The van der Waals surface area contributed by atoms with Gasteiger partial charge in [0.2, 0.25) is 10.0 Å². The zero-order chi connectivity index (χ0) is 14.7. The Morgan fingerprint density at radius 1 is 1.24 bits per heavy atom. The van der Waals surface area contributed by atoms with E-state index in [1.54, 1.807) is 15.6 Å². The van der Waals surface area contributed by atoms with Crippen LogP contribution in [-0.4, -0.2) is 37.2 Å². The number of hydrogen-bond acceptors (Lipinski definition) is 4. The zero-order valence-corrected chi connectivity index (χ0v) is 13.9. The Morgan fingerprint density at radius 2 is 1.95 bits per heavy atom. The lowest BCUT2D eigenvalue weighted by Gasteiger charge is -2.43. The van der Waals surface area contributed by atoms with Crippen LogP contribution in [0.4, 0.5) is 0 Å². The van der Waals surface area contributed by atoms with E-state index in [1.807, 2.05) is 6.92 Å². The van der Waals surface area contributed by atoms with E-state index in [2.05, 4.69) is 11.4 Å². The molecule has 0 unspecified atom stereocenters. The second-order valence-corrected chi connectivity index (χ2v) is 10.1. The van der Waals surface area contributed by atoms with Crippen molar-refractivity contribution in [2.75, 3.05) is 19.7 Å². The van der Waals surface area contributed by atoms with Crippen LogP contribution in [-0.2, 0) is 26.8 Å². The molecule has 3 heterocycles. The van der Waals surface area contributed by atoms with E-state index >= 15 is 0 Å². The molecule has 0 N–H and O–H groups in total. The molecule has 1 aliphatic carbocycles. The second kappa shape index (κ2) is 4.54. The Bertz CT molecular complexity index is 652. The average molecular weight is 327 g/mol. The molecule has 4 nitrogen and oxygen atoms in total. The molecule has 1 aromatic heterocycles. The SMILES string of the molecule is CC1(S(=O)(=O)N2CCC3(CC2)OCCc2ccsc23)CC1. The lowest BCUT2D eigenvalue weighted by molar-refractivity contribution is -0.0862. The lowest BCUT2D eigenvalue weighted by atomic mass is 9.86. The van der Waals surface area contributed by atoms with Gasteiger partial charge in [-0.1, -0.05) is 0 Å². The van der Waals surface area contributed by atoms with Gasteiger partial charge in [-0.25, -0.2) is 12.7 Å². The fourth-order valence-corrected chi connectivity index (χ4v) is 6.63. The van der Waals surface area contributed by atoms with Crippen molar-refractivity contribution in [3.8, 4) is 0 Å². The molecule has 4 rings (SSSR count). The highest BCUT2D eigenvalue weighted by atomic mass is 32.2. The molecule has 116 valence electrons. The van der Waals surface area contributed by atoms with E-state index in [1.165, 1.54) is 10.4 Å². The van der Waals surface area contributed by atoms with Crippen LogP contribution in [0.15, 0.2) is 11.4 Å². The number of hydrogen-bond donors (Lipinski definition) is 0. The maximum atomic E-state index is 12.6. The van der Waals surface area contributed by atoms with Crippen molar-refractivity contribution >= 4 is 21.4 Å². The predicted octanol–water partition coefficient (Wildman–Crippen LogP) is 2.49. The minimum absolute atomic E-state index is 0.224. The summed E-state index contributed by atoms with van der Waals surface area (Å²) in [6, 6.07) is 2.19. The van der Waals surface area contributed by atoms with Gasteiger partial charge in [0.25, 0.3) is 0 Å². The molecule has 0 bridgehead atoms. The van der Waals surface area contributed by atoms with Crippen molar-refractivity contribution in [1.82, 2.24) is 4.31 Å². The van der Waals surface area contributed by atoms with Gasteiger partial charge < -0.3 is 4.74 Å². The molecule has 0 radical (unpaired) electrons. The summed E-state index contributed by atoms with van der Waals surface area (Å²) in [6.07, 6.45) is 4.18. The van der Waals surface area contributed by atoms with Gasteiger partial charge in [0, 0.05) is 18.0 Å². The first-order valence-electron chi connectivity index (χ1n) is 7.67. The molecule has 1 aromatic rings. The maximum absolute atomic E-state index is 12.6. The summed E-state index contributed by atoms with van der Waals surface area (Å²) in [4.78, 5) is 1.34. The number of rotatable bonds is 2. The van der Waals surface area contributed by atoms with Crippen LogP contribution < -0.4 is 0 Å². The topological polar surface area (TPSA) is 46.6 Å². The maximum Gasteiger partial charge on any atom is 0.219 e. The largest absolute Gasteiger partial charge is 0.369 e. The lowest BCUT2D eigenvalue weighted by Crippen LogP contribution is -2.50. The molecule has 1 saturated carbocycles. The van der Waals surface area contributed by atoms with Gasteiger partial charge in [0.15, 0.2) is 0 Å². The van der Waals surface area contributed by atoms with Crippen molar-refractivity contribution in [3.05, 3.63) is 21.9 Å². The molecule has 1 saturated heterocycles. The van der Waals surface area contributed by atoms with Crippen LogP contribution in [0.5, 0.6) is 0 Å². The number of piperidine rings is 1. The van der Waals surface area contributed by atoms with Crippen molar-refractivity contribution in [3.63, 3.8) is 0 Å². The first-order valence-corrected chi connectivity index (χ1v) is 9.99. The van der Waals surface area contributed by atoms with Crippen LogP contribution in [0, 0.1) is 0 Å². The Labute approximate surface area is 130 Å². The highest BCUT2D eigenvalue weighted by Gasteiger charge is 2.54. The van der Waals surface area contributed by atoms with Gasteiger partial charge in [-0.2, -0.15) is 0 Å². The number of ether oxygens (including phenoxy) is 1. The van der Waals surface area contributed by atoms with Crippen LogP contribution in [0.3, 0.4) is 0 Å². The van der Waals surface area contributed by atoms with Gasteiger partial charge in [-0.15, -0.1) is 11.3 Å². The molecule has 2 fully saturated rings. The van der Waals surface area contributed by atoms with E-state index in [0.717, 1.165) is 38.7 Å².